The molecule has 0 radical (unpaired) electrons. The third-order valence-corrected chi connectivity index (χ3v) is 6.30. The number of rotatable bonds is 7. The van der Waals surface area contributed by atoms with E-state index in [1.165, 1.54) is 11.5 Å². The first-order chi connectivity index (χ1) is 16.9. The molecule has 35 heavy (non-hydrogen) atoms. The van der Waals surface area contributed by atoms with Gasteiger partial charge in [-0.25, -0.2) is 4.98 Å². The highest BCUT2D eigenvalue weighted by molar-refractivity contribution is 6.31. The molecule has 0 spiro atoms. The first kappa shape index (κ1) is 24.5. The van der Waals surface area contributed by atoms with Crippen molar-refractivity contribution in [3.8, 4) is 5.75 Å². The summed E-state index contributed by atoms with van der Waals surface area (Å²) in [5, 5.41) is 18.0. The number of fused-ring (bicyclic) bond motifs is 1. The number of carbonyl (C=O) groups is 1. The summed E-state index contributed by atoms with van der Waals surface area (Å²) < 4.78 is 21.7. The third kappa shape index (κ3) is 4.79. The van der Waals surface area contributed by atoms with Gasteiger partial charge in [0.15, 0.2) is 11.4 Å². The van der Waals surface area contributed by atoms with E-state index in [9.17, 15) is 9.18 Å². The van der Waals surface area contributed by atoms with Gasteiger partial charge in [-0.3, -0.25) is 10.2 Å². The van der Waals surface area contributed by atoms with Crippen molar-refractivity contribution >= 4 is 23.0 Å². The van der Waals surface area contributed by atoms with Crippen LogP contribution in [0.5, 0.6) is 5.75 Å². The van der Waals surface area contributed by atoms with E-state index < -0.39 is 11.7 Å². The lowest BCUT2D eigenvalue weighted by Gasteiger charge is -2.37. The minimum absolute atomic E-state index is 0.0992. The molecule has 0 aromatic carbocycles. The van der Waals surface area contributed by atoms with Gasteiger partial charge in [-0.1, -0.05) is 6.92 Å². The lowest BCUT2D eigenvalue weighted by molar-refractivity contribution is -0.112. The topological polar surface area (TPSA) is 107 Å². The highest BCUT2D eigenvalue weighted by atomic mass is 19.1. The van der Waals surface area contributed by atoms with Crippen molar-refractivity contribution in [2.24, 2.45) is 0 Å². The zero-order valence-corrected chi connectivity index (χ0v) is 20.5. The molecule has 4 rings (SSSR count). The largest absolute Gasteiger partial charge is 0.491 e. The highest BCUT2D eigenvalue weighted by Crippen LogP contribution is 2.32. The Hall–Kier alpha value is -3.66. The fourth-order valence-electron chi connectivity index (χ4n) is 4.65. The Bertz CT molecular complexity index is 1240. The van der Waals surface area contributed by atoms with Crippen LogP contribution in [0, 0.1) is 18.2 Å². The van der Waals surface area contributed by atoms with Crippen LogP contribution in [0.1, 0.15) is 25.5 Å². The van der Waals surface area contributed by atoms with Crippen molar-refractivity contribution in [2.75, 3.05) is 39.1 Å². The second-order valence-electron chi connectivity index (χ2n) is 8.63. The van der Waals surface area contributed by atoms with E-state index in [1.807, 2.05) is 6.08 Å². The fraction of sp³-hybridized carbons (Fsp3) is 0.400. The summed E-state index contributed by atoms with van der Waals surface area (Å²) in [6.45, 7) is 6.56. The number of carbonyl (C=O) groups excluding carboxylic acids is 1. The van der Waals surface area contributed by atoms with Crippen molar-refractivity contribution in [1.29, 1.82) is 5.41 Å². The summed E-state index contributed by atoms with van der Waals surface area (Å²) in [7, 11) is 3.10. The Morgan fingerprint density at radius 2 is 2.06 bits per heavy atom. The highest BCUT2D eigenvalue weighted by Gasteiger charge is 2.29. The van der Waals surface area contributed by atoms with Gasteiger partial charge < -0.3 is 30.0 Å². The Labute approximate surface area is 204 Å². The summed E-state index contributed by atoms with van der Waals surface area (Å²) in [6.07, 6.45) is 10.5. The van der Waals surface area contributed by atoms with Crippen molar-refractivity contribution in [1.82, 2.24) is 24.9 Å². The van der Waals surface area contributed by atoms with Crippen LogP contribution >= 0.6 is 0 Å². The van der Waals surface area contributed by atoms with Crippen molar-refractivity contribution in [3.05, 3.63) is 59.1 Å². The summed E-state index contributed by atoms with van der Waals surface area (Å²) in [4.78, 5) is 19.6. The SMILES string of the molecule is CCNC1CCN(C2=CC=C(C(=O)Nc3cn4cc(C)nc4c(F)c3OC)C(=N)/C2=C\NC)CC1. The third-order valence-electron chi connectivity index (χ3n) is 6.30. The molecule has 10 heteroatoms. The van der Waals surface area contributed by atoms with Gasteiger partial charge in [-0.2, -0.15) is 4.39 Å². The predicted octanol–water partition coefficient (Wildman–Crippen LogP) is 2.75. The number of ether oxygens (including phenoxy) is 1. The maximum absolute atomic E-state index is 15.0. The van der Waals surface area contributed by atoms with Crippen LogP contribution in [0.25, 0.3) is 5.65 Å². The number of amides is 1. The van der Waals surface area contributed by atoms with Gasteiger partial charge in [0.1, 0.15) is 5.69 Å². The lowest BCUT2D eigenvalue weighted by Crippen LogP contribution is -2.43. The molecule has 0 atom stereocenters. The number of nitrogens with one attached hydrogen (secondary N) is 4. The number of nitrogens with zero attached hydrogens (tertiary/aromatic N) is 3. The minimum Gasteiger partial charge on any atom is -0.491 e. The molecule has 0 bridgehead atoms. The van der Waals surface area contributed by atoms with Crippen LogP contribution in [0.2, 0.25) is 0 Å². The van der Waals surface area contributed by atoms with E-state index in [2.05, 4.69) is 32.8 Å². The molecule has 2 aromatic rings. The van der Waals surface area contributed by atoms with Gasteiger partial charge >= 0.3 is 0 Å². The predicted molar refractivity (Wildman–Crippen MR) is 134 cm³/mol. The number of methoxy groups -OCH3 is 1. The van der Waals surface area contributed by atoms with E-state index in [1.54, 1.807) is 38.6 Å². The molecule has 3 heterocycles. The van der Waals surface area contributed by atoms with E-state index >= 15 is 0 Å². The molecular weight excluding hydrogens is 449 g/mol. The van der Waals surface area contributed by atoms with Gasteiger partial charge in [0.05, 0.1) is 24.1 Å². The summed E-state index contributed by atoms with van der Waals surface area (Å²) in [5.74, 6) is -1.29. The summed E-state index contributed by atoms with van der Waals surface area (Å²) in [5.41, 5.74) is 2.75. The molecule has 1 fully saturated rings. The molecule has 9 nitrogen and oxygen atoms in total. The van der Waals surface area contributed by atoms with Crippen LogP contribution in [0.3, 0.4) is 0 Å². The van der Waals surface area contributed by atoms with E-state index in [0.717, 1.165) is 38.2 Å². The number of piperidine rings is 1. The quantitative estimate of drug-likeness (QED) is 0.485. The molecule has 2 aromatic heterocycles. The number of pyridine rings is 1. The van der Waals surface area contributed by atoms with Crippen molar-refractivity contribution < 1.29 is 13.9 Å². The number of likely N-dealkylation sites (tertiary alicyclic amines) is 1. The van der Waals surface area contributed by atoms with E-state index in [4.69, 9.17) is 10.1 Å². The molecule has 2 aliphatic rings. The number of imidazole rings is 1. The maximum Gasteiger partial charge on any atom is 0.257 e. The Morgan fingerprint density at radius 3 is 2.71 bits per heavy atom. The van der Waals surface area contributed by atoms with Crippen LogP contribution in [0.4, 0.5) is 10.1 Å². The average Bonchev–Trinajstić information content (AvgIpc) is 3.22. The van der Waals surface area contributed by atoms with Gasteiger partial charge in [-0.05, 0) is 38.5 Å². The molecule has 4 N–H and O–H groups in total. The van der Waals surface area contributed by atoms with E-state index in [0.29, 0.717) is 17.3 Å². The van der Waals surface area contributed by atoms with Gasteiger partial charge in [0, 0.05) is 56.0 Å². The Kier molecular flexibility index (Phi) is 7.20. The van der Waals surface area contributed by atoms with Crippen LogP contribution in [0.15, 0.2) is 47.6 Å². The second-order valence-corrected chi connectivity index (χ2v) is 8.63. The number of hydrogen-bond acceptors (Lipinski definition) is 7. The number of hydrogen-bond donors (Lipinski definition) is 4. The average molecular weight is 482 g/mol. The standard InChI is InChI=1S/C25H32FN7O2/c1-5-29-16-8-10-32(11-9-16)20-7-6-17(22(27)18(20)12-28-3)25(34)31-19-14-33-13-15(2)30-24(33)21(26)23(19)35-4/h6-7,12-14,16,27-29H,5,8-11H2,1-4H3,(H,31,34)/b18-12-,27-22?. The van der Waals surface area contributed by atoms with Gasteiger partial charge in [-0.15, -0.1) is 0 Å². The summed E-state index contributed by atoms with van der Waals surface area (Å²) in [6, 6.07) is 0.500. The molecule has 1 aliphatic heterocycles. The van der Waals surface area contributed by atoms with Crippen molar-refractivity contribution in [3.63, 3.8) is 0 Å². The number of allylic oxidation sites excluding steroid dienone is 3. The molecule has 186 valence electrons. The molecule has 1 aliphatic carbocycles. The van der Waals surface area contributed by atoms with E-state index in [-0.39, 0.29) is 28.4 Å². The zero-order chi connectivity index (χ0) is 25.1. The fourth-order valence-corrected chi connectivity index (χ4v) is 4.65. The molecule has 1 amide bonds. The number of halogens is 1. The minimum atomic E-state index is -0.662. The maximum atomic E-state index is 15.0. The van der Waals surface area contributed by atoms with Crippen LogP contribution < -0.4 is 20.7 Å². The lowest BCUT2D eigenvalue weighted by atomic mass is 9.92. The van der Waals surface area contributed by atoms with Crippen molar-refractivity contribution in [2.45, 2.75) is 32.7 Å². The van der Waals surface area contributed by atoms with Crippen LogP contribution in [-0.2, 0) is 4.79 Å². The Balaban J connectivity index is 1.61. The number of aryl methyl sites for hydroxylation is 1. The zero-order valence-electron chi connectivity index (χ0n) is 20.5. The molecule has 0 saturated carbocycles. The Morgan fingerprint density at radius 1 is 1.31 bits per heavy atom. The van der Waals surface area contributed by atoms with Gasteiger partial charge in [0.2, 0.25) is 5.82 Å². The second kappa shape index (κ2) is 10.3. The summed E-state index contributed by atoms with van der Waals surface area (Å²) >= 11 is 0. The molecule has 0 unspecified atom stereocenters. The molecular formula is C25H32FN7O2. The number of aromatic nitrogens is 2. The number of anilines is 1. The normalized spacial score (nSPS) is 18.0. The van der Waals surface area contributed by atoms with Gasteiger partial charge in [0.25, 0.3) is 5.91 Å². The first-order valence-corrected chi connectivity index (χ1v) is 11.8. The van der Waals surface area contributed by atoms with Crippen LogP contribution in [-0.4, -0.2) is 65.7 Å². The smallest absolute Gasteiger partial charge is 0.257 e. The molecule has 1 saturated heterocycles. The monoisotopic (exact) mass is 481 g/mol. The first-order valence-electron chi connectivity index (χ1n) is 11.8.